The number of carbonyl (C=O) groups is 2. The lowest BCUT2D eigenvalue weighted by molar-refractivity contribution is -0.123. The molecule has 122 valence electrons. The third-order valence-electron chi connectivity index (χ3n) is 3.30. The van der Waals surface area contributed by atoms with Crippen LogP contribution in [0.5, 0.6) is 0 Å². The van der Waals surface area contributed by atoms with Crippen molar-refractivity contribution in [3.8, 4) is 0 Å². The maximum atomic E-state index is 13.2. The maximum Gasteiger partial charge on any atom is 0.252 e. The lowest BCUT2D eigenvalue weighted by atomic mass is 10.1. The van der Waals surface area contributed by atoms with E-state index in [1.54, 1.807) is 12.1 Å². The molecule has 2 rings (SSSR count). The van der Waals surface area contributed by atoms with Crippen LogP contribution in [0.4, 0.5) is 4.39 Å². The molecule has 6 heteroatoms. The maximum absolute atomic E-state index is 13.2. The van der Waals surface area contributed by atoms with E-state index in [1.807, 2.05) is 6.92 Å². The summed E-state index contributed by atoms with van der Waals surface area (Å²) in [7, 11) is 0. The Morgan fingerprint density at radius 1 is 1.26 bits per heavy atom. The zero-order valence-corrected chi connectivity index (χ0v) is 12.8. The van der Waals surface area contributed by atoms with Gasteiger partial charge >= 0.3 is 0 Å². The Morgan fingerprint density at radius 2 is 2.09 bits per heavy atom. The van der Waals surface area contributed by atoms with Gasteiger partial charge in [0, 0.05) is 5.56 Å². The van der Waals surface area contributed by atoms with E-state index in [-0.39, 0.29) is 18.0 Å². The summed E-state index contributed by atoms with van der Waals surface area (Å²) < 4.78 is 18.3. The summed E-state index contributed by atoms with van der Waals surface area (Å²) in [6.45, 7) is 2.17. The molecule has 2 amide bonds. The van der Waals surface area contributed by atoms with E-state index in [0.29, 0.717) is 12.2 Å². The summed E-state index contributed by atoms with van der Waals surface area (Å²) in [4.78, 5) is 24.4. The first-order valence-electron chi connectivity index (χ1n) is 7.46. The minimum atomic E-state index is -0.675. The van der Waals surface area contributed by atoms with Crippen molar-refractivity contribution in [3.63, 3.8) is 0 Å². The van der Waals surface area contributed by atoms with Crippen LogP contribution in [0.25, 0.3) is 0 Å². The highest BCUT2D eigenvalue weighted by molar-refractivity contribution is 5.97. The third kappa shape index (κ3) is 4.95. The van der Waals surface area contributed by atoms with Crippen molar-refractivity contribution in [2.45, 2.75) is 32.4 Å². The quantitative estimate of drug-likeness (QED) is 0.824. The van der Waals surface area contributed by atoms with Gasteiger partial charge in [0.05, 0.1) is 12.8 Å². The number of rotatable bonds is 7. The fourth-order valence-electron chi connectivity index (χ4n) is 2.14. The van der Waals surface area contributed by atoms with Crippen molar-refractivity contribution >= 4 is 11.8 Å². The van der Waals surface area contributed by atoms with Gasteiger partial charge in [-0.05, 0) is 36.8 Å². The molecule has 1 unspecified atom stereocenters. The Labute approximate surface area is 133 Å². The van der Waals surface area contributed by atoms with Gasteiger partial charge in [0.1, 0.15) is 17.6 Å². The topological polar surface area (TPSA) is 71.3 Å². The Kier molecular flexibility index (Phi) is 5.91. The summed E-state index contributed by atoms with van der Waals surface area (Å²) in [6, 6.07) is 8.16. The molecule has 0 aliphatic carbocycles. The van der Waals surface area contributed by atoms with E-state index in [1.165, 1.54) is 24.5 Å². The van der Waals surface area contributed by atoms with Gasteiger partial charge in [0.25, 0.3) is 5.91 Å². The molecule has 0 spiro atoms. The van der Waals surface area contributed by atoms with Crippen LogP contribution >= 0.6 is 0 Å². The first kappa shape index (κ1) is 16.7. The van der Waals surface area contributed by atoms with Crippen molar-refractivity contribution in [3.05, 3.63) is 59.8 Å². The van der Waals surface area contributed by atoms with Crippen LogP contribution in [0.1, 0.15) is 35.9 Å². The molecule has 2 N–H and O–H groups in total. The Morgan fingerprint density at radius 3 is 2.74 bits per heavy atom. The van der Waals surface area contributed by atoms with Crippen LogP contribution in [-0.4, -0.2) is 17.9 Å². The van der Waals surface area contributed by atoms with E-state index in [0.717, 1.165) is 12.5 Å². The Hall–Kier alpha value is -2.63. The van der Waals surface area contributed by atoms with Crippen LogP contribution in [0.15, 0.2) is 47.1 Å². The molecule has 0 fully saturated rings. The number of furan rings is 1. The number of carbonyl (C=O) groups excluding carboxylic acids is 2. The van der Waals surface area contributed by atoms with E-state index in [4.69, 9.17) is 4.42 Å². The third-order valence-corrected chi connectivity index (χ3v) is 3.30. The molecule has 0 saturated heterocycles. The van der Waals surface area contributed by atoms with Gasteiger partial charge in [0.15, 0.2) is 0 Å². The highest BCUT2D eigenvalue weighted by Gasteiger charge is 2.20. The van der Waals surface area contributed by atoms with Crippen molar-refractivity contribution in [1.82, 2.24) is 10.6 Å². The normalized spacial score (nSPS) is 11.7. The van der Waals surface area contributed by atoms with Gasteiger partial charge in [0.2, 0.25) is 5.91 Å². The number of halogens is 1. The van der Waals surface area contributed by atoms with Crippen molar-refractivity contribution in [1.29, 1.82) is 0 Å². The first-order valence-corrected chi connectivity index (χ1v) is 7.46. The van der Waals surface area contributed by atoms with E-state index < -0.39 is 17.8 Å². The van der Waals surface area contributed by atoms with E-state index >= 15 is 0 Å². The lowest BCUT2D eigenvalue weighted by Crippen LogP contribution is -2.46. The van der Waals surface area contributed by atoms with Gasteiger partial charge in [-0.2, -0.15) is 0 Å². The number of benzene rings is 1. The van der Waals surface area contributed by atoms with Crippen LogP contribution < -0.4 is 10.6 Å². The number of amides is 2. The highest BCUT2D eigenvalue weighted by atomic mass is 19.1. The largest absolute Gasteiger partial charge is 0.467 e. The van der Waals surface area contributed by atoms with Gasteiger partial charge in [-0.3, -0.25) is 9.59 Å². The lowest BCUT2D eigenvalue weighted by Gasteiger charge is -2.17. The van der Waals surface area contributed by atoms with Gasteiger partial charge in [-0.25, -0.2) is 4.39 Å². The second kappa shape index (κ2) is 8.12. The van der Waals surface area contributed by atoms with Gasteiger partial charge in [-0.1, -0.05) is 19.4 Å². The van der Waals surface area contributed by atoms with Gasteiger partial charge in [-0.15, -0.1) is 0 Å². The molecule has 1 aromatic carbocycles. The molecule has 1 heterocycles. The molecular formula is C17H19FN2O3. The highest BCUT2D eigenvalue weighted by Crippen LogP contribution is 2.06. The average Bonchev–Trinajstić information content (AvgIpc) is 3.05. The fourth-order valence-corrected chi connectivity index (χ4v) is 2.14. The second-order valence-corrected chi connectivity index (χ2v) is 5.12. The molecule has 0 aliphatic rings. The Bertz CT molecular complexity index is 656. The average molecular weight is 318 g/mol. The molecule has 23 heavy (non-hydrogen) atoms. The van der Waals surface area contributed by atoms with Crippen LogP contribution in [0, 0.1) is 5.82 Å². The SMILES string of the molecule is CCCC(NC(=O)c1cccc(F)c1)C(=O)NCc1ccco1. The summed E-state index contributed by atoms with van der Waals surface area (Å²) >= 11 is 0. The monoisotopic (exact) mass is 318 g/mol. The van der Waals surface area contributed by atoms with Crippen molar-refractivity contribution in [2.75, 3.05) is 0 Å². The van der Waals surface area contributed by atoms with Gasteiger partial charge < -0.3 is 15.1 Å². The number of hydrogen-bond donors (Lipinski definition) is 2. The zero-order valence-electron chi connectivity index (χ0n) is 12.8. The van der Waals surface area contributed by atoms with Crippen molar-refractivity contribution in [2.24, 2.45) is 0 Å². The van der Waals surface area contributed by atoms with E-state index in [9.17, 15) is 14.0 Å². The molecule has 5 nitrogen and oxygen atoms in total. The molecule has 0 radical (unpaired) electrons. The number of nitrogens with one attached hydrogen (secondary N) is 2. The van der Waals surface area contributed by atoms with Crippen LogP contribution in [-0.2, 0) is 11.3 Å². The number of hydrogen-bond acceptors (Lipinski definition) is 3. The summed E-state index contributed by atoms with van der Waals surface area (Å²) in [5.74, 6) is -0.638. The summed E-state index contributed by atoms with van der Waals surface area (Å²) in [5.41, 5.74) is 0.185. The van der Waals surface area contributed by atoms with E-state index in [2.05, 4.69) is 10.6 Å². The minimum absolute atomic E-state index is 0.185. The summed E-state index contributed by atoms with van der Waals surface area (Å²) in [5, 5.41) is 5.36. The zero-order chi connectivity index (χ0) is 16.7. The molecule has 1 atom stereocenters. The molecule has 0 bridgehead atoms. The smallest absolute Gasteiger partial charge is 0.252 e. The fraction of sp³-hybridized carbons (Fsp3) is 0.294. The molecule has 2 aromatic rings. The predicted octanol–water partition coefficient (Wildman–Crippen LogP) is 2.63. The molecule has 0 saturated carbocycles. The predicted molar refractivity (Wildman–Crippen MR) is 83.1 cm³/mol. The Balaban J connectivity index is 1.96. The molecule has 1 aromatic heterocycles. The summed E-state index contributed by atoms with van der Waals surface area (Å²) in [6.07, 6.45) is 2.74. The standard InChI is InChI=1S/C17H19FN2O3/c1-2-5-15(17(22)19-11-14-8-4-9-23-14)20-16(21)12-6-3-7-13(18)10-12/h3-4,6-10,15H,2,5,11H2,1H3,(H,19,22)(H,20,21). The van der Waals surface area contributed by atoms with Crippen LogP contribution in [0.3, 0.4) is 0 Å². The molecular weight excluding hydrogens is 299 g/mol. The van der Waals surface area contributed by atoms with Crippen LogP contribution in [0.2, 0.25) is 0 Å². The second-order valence-electron chi connectivity index (χ2n) is 5.12. The first-order chi connectivity index (χ1) is 11.1. The molecule has 0 aliphatic heterocycles. The van der Waals surface area contributed by atoms with Crippen molar-refractivity contribution < 1.29 is 18.4 Å². The minimum Gasteiger partial charge on any atom is -0.467 e.